The summed E-state index contributed by atoms with van der Waals surface area (Å²) >= 11 is 0. The van der Waals surface area contributed by atoms with Gasteiger partial charge in [0.15, 0.2) is 0 Å². The highest BCUT2D eigenvalue weighted by molar-refractivity contribution is 5.88. The van der Waals surface area contributed by atoms with Crippen LogP contribution in [0.3, 0.4) is 0 Å². The van der Waals surface area contributed by atoms with Gasteiger partial charge in [-0.15, -0.1) is 0 Å². The van der Waals surface area contributed by atoms with E-state index in [1.807, 2.05) is 6.08 Å². The van der Waals surface area contributed by atoms with Crippen LogP contribution in [-0.2, 0) is 14.3 Å². The summed E-state index contributed by atoms with van der Waals surface area (Å²) < 4.78 is 10.9. The molecule has 0 aromatic rings. The first-order valence-electron chi connectivity index (χ1n) is 9.17. The Morgan fingerprint density at radius 2 is 2.04 bits per heavy atom. The minimum atomic E-state index is -0.201. The molecule has 1 fully saturated rings. The lowest BCUT2D eigenvalue weighted by molar-refractivity contribution is -0.136. The lowest BCUT2D eigenvalue weighted by Crippen LogP contribution is -2.13. The molecule has 1 heterocycles. The van der Waals surface area contributed by atoms with Crippen LogP contribution in [0.5, 0.6) is 0 Å². The molecule has 0 aromatic carbocycles. The van der Waals surface area contributed by atoms with Gasteiger partial charge in [0.2, 0.25) is 0 Å². The first-order valence-corrected chi connectivity index (χ1v) is 9.17. The van der Waals surface area contributed by atoms with Crippen molar-refractivity contribution in [2.75, 3.05) is 7.11 Å². The second kappa shape index (κ2) is 8.15. The van der Waals surface area contributed by atoms with Gasteiger partial charge in [-0.05, 0) is 58.3 Å². The SMILES string of the molecule is COC(=O)/C1=C\CC/C(C)=C/C=C(/C(C)C)CC[C@]2(C)O[C@H]2CC1. The van der Waals surface area contributed by atoms with Crippen LogP contribution in [0.4, 0.5) is 0 Å². The highest BCUT2D eigenvalue weighted by atomic mass is 16.6. The van der Waals surface area contributed by atoms with Crippen molar-refractivity contribution in [3.8, 4) is 0 Å². The smallest absolute Gasteiger partial charge is 0.333 e. The van der Waals surface area contributed by atoms with Gasteiger partial charge in [0.25, 0.3) is 0 Å². The summed E-state index contributed by atoms with van der Waals surface area (Å²) in [6, 6.07) is 0. The molecule has 1 saturated heterocycles. The van der Waals surface area contributed by atoms with Crippen molar-refractivity contribution < 1.29 is 14.3 Å². The molecule has 1 aliphatic carbocycles. The van der Waals surface area contributed by atoms with E-state index in [9.17, 15) is 4.79 Å². The third-order valence-electron chi connectivity index (χ3n) is 5.32. The van der Waals surface area contributed by atoms with Gasteiger partial charge in [-0.1, -0.05) is 43.2 Å². The normalized spacial score (nSPS) is 35.4. The molecule has 0 aromatic heterocycles. The number of fused-ring (bicyclic) bond motifs is 1. The lowest BCUT2D eigenvalue weighted by atomic mass is 9.90. The van der Waals surface area contributed by atoms with E-state index >= 15 is 0 Å². The number of methoxy groups -OCH3 is 1. The monoisotopic (exact) mass is 332 g/mol. The molecule has 2 aliphatic rings. The number of epoxide rings is 1. The van der Waals surface area contributed by atoms with E-state index in [1.165, 1.54) is 18.3 Å². The Morgan fingerprint density at radius 3 is 2.71 bits per heavy atom. The summed E-state index contributed by atoms with van der Waals surface area (Å²) in [4.78, 5) is 12.0. The van der Waals surface area contributed by atoms with Crippen LogP contribution in [-0.4, -0.2) is 24.8 Å². The third-order valence-corrected chi connectivity index (χ3v) is 5.32. The molecule has 2 atom stereocenters. The Labute approximate surface area is 146 Å². The maximum absolute atomic E-state index is 12.0. The molecule has 0 N–H and O–H groups in total. The van der Waals surface area contributed by atoms with Gasteiger partial charge in [0.05, 0.1) is 18.8 Å². The zero-order valence-corrected chi connectivity index (χ0v) is 15.9. The molecule has 1 aliphatic heterocycles. The summed E-state index contributed by atoms with van der Waals surface area (Å²) in [5.41, 5.74) is 3.60. The first kappa shape index (κ1) is 19.0. The maximum Gasteiger partial charge on any atom is 0.333 e. The van der Waals surface area contributed by atoms with E-state index in [4.69, 9.17) is 9.47 Å². The van der Waals surface area contributed by atoms with Crippen LogP contribution >= 0.6 is 0 Å². The average Bonchev–Trinajstić information content (AvgIpc) is 3.19. The standard InChI is InChI=1S/C21H32O3/c1-15(2)17-10-9-16(3)7-6-8-18(20(22)23-5)11-12-19-21(4,24-19)14-13-17/h8-10,15,19H,6-7,11-14H2,1-5H3/b16-9+,17-10+,18-8-/t19-,21-/m0/s1. The Kier molecular flexibility index (Phi) is 6.45. The molecule has 0 radical (unpaired) electrons. The molecule has 0 bridgehead atoms. The number of carbonyl (C=O) groups excluding carboxylic acids is 1. The van der Waals surface area contributed by atoms with Crippen molar-refractivity contribution in [3.63, 3.8) is 0 Å². The van der Waals surface area contributed by atoms with Gasteiger partial charge in [-0.25, -0.2) is 4.79 Å². The van der Waals surface area contributed by atoms with Crippen LogP contribution < -0.4 is 0 Å². The van der Waals surface area contributed by atoms with Gasteiger partial charge in [-0.3, -0.25) is 0 Å². The van der Waals surface area contributed by atoms with Gasteiger partial charge in [0, 0.05) is 5.57 Å². The van der Waals surface area contributed by atoms with E-state index in [-0.39, 0.29) is 17.7 Å². The van der Waals surface area contributed by atoms with Crippen LogP contribution in [0.25, 0.3) is 0 Å². The van der Waals surface area contributed by atoms with E-state index < -0.39 is 0 Å². The molecule has 3 nitrogen and oxygen atoms in total. The molecule has 0 saturated carbocycles. The quantitative estimate of drug-likeness (QED) is 0.520. The number of rotatable bonds is 2. The zero-order chi connectivity index (χ0) is 17.7. The molecule has 0 amide bonds. The molecule has 24 heavy (non-hydrogen) atoms. The highest BCUT2D eigenvalue weighted by Gasteiger charge is 2.51. The molecular formula is C21H32O3. The number of ether oxygens (including phenoxy) is 2. The summed E-state index contributed by atoms with van der Waals surface area (Å²) in [6.45, 7) is 8.88. The third kappa shape index (κ3) is 5.07. The summed E-state index contributed by atoms with van der Waals surface area (Å²) in [5, 5.41) is 0. The van der Waals surface area contributed by atoms with Crippen LogP contribution in [0.15, 0.2) is 34.9 Å². The Hall–Kier alpha value is -1.35. The fraction of sp³-hybridized carbons (Fsp3) is 0.667. The van der Waals surface area contributed by atoms with Crippen molar-refractivity contribution in [3.05, 3.63) is 34.9 Å². The molecular weight excluding hydrogens is 300 g/mol. The minimum absolute atomic E-state index is 0.0297. The topological polar surface area (TPSA) is 38.8 Å². The molecule has 2 rings (SSSR count). The predicted molar refractivity (Wildman–Crippen MR) is 97.8 cm³/mol. The molecule has 0 unspecified atom stereocenters. The van der Waals surface area contributed by atoms with Gasteiger partial charge >= 0.3 is 5.97 Å². The zero-order valence-electron chi connectivity index (χ0n) is 15.9. The van der Waals surface area contributed by atoms with E-state index in [0.29, 0.717) is 5.92 Å². The van der Waals surface area contributed by atoms with Crippen LogP contribution in [0.1, 0.15) is 66.2 Å². The minimum Gasteiger partial charge on any atom is -0.466 e. The van der Waals surface area contributed by atoms with E-state index in [0.717, 1.165) is 44.1 Å². The van der Waals surface area contributed by atoms with Crippen molar-refractivity contribution in [1.29, 1.82) is 0 Å². The molecule has 0 spiro atoms. The summed E-state index contributed by atoms with van der Waals surface area (Å²) in [5.74, 6) is 0.363. The summed E-state index contributed by atoms with van der Waals surface area (Å²) in [6.07, 6.45) is 12.4. The van der Waals surface area contributed by atoms with Crippen LogP contribution in [0.2, 0.25) is 0 Å². The van der Waals surface area contributed by atoms with Crippen molar-refractivity contribution >= 4 is 5.97 Å². The second-order valence-electron chi connectivity index (χ2n) is 7.63. The Balaban J connectivity index is 2.18. The highest BCUT2D eigenvalue weighted by Crippen LogP contribution is 2.44. The summed E-state index contributed by atoms with van der Waals surface area (Å²) in [7, 11) is 1.45. The van der Waals surface area contributed by atoms with Gasteiger partial charge in [0.1, 0.15) is 0 Å². The van der Waals surface area contributed by atoms with E-state index in [1.54, 1.807) is 0 Å². The van der Waals surface area contributed by atoms with Crippen molar-refractivity contribution in [1.82, 2.24) is 0 Å². The van der Waals surface area contributed by atoms with Crippen LogP contribution in [0, 0.1) is 5.92 Å². The van der Waals surface area contributed by atoms with Gasteiger partial charge in [-0.2, -0.15) is 0 Å². The molecule has 3 heteroatoms. The first-order chi connectivity index (χ1) is 11.4. The molecule has 134 valence electrons. The predicted octanol–water partition coefficient (Wildman–Crippen LogP) is 5.13. The number of esters is 1. The lowest BCUT2D eigenvalue weighted by Gasteiger charge is -2.14. The second-order valence-corrected chi connectivity index (χ2v) is 7.63. The van der Waals surface area contributed by atoms with E-state index in [2.05, 4.69) is 39.8 Å². The fourth-order valence-electron chi connectivity index (χ4n) is 3.34. The largest absolute Gasteiger partial charge is 0.466 e. The number of carbonyl (C=O) groups is 1. The number of allylic oxidation sites excluding steroid dienone is 5. The number of hydrogen-bond donors (Lipinski definition) is 0. The van der Waals surface area contributed by atoms with Crippen molar-refractivity contribution in [2.24, 2.45) is 5.92 Å². The fourth-order valence-corrected chi connectivity index (χ4v) is 3.34. The average molecular weight is 332 g/mol. The number of hydrogen-bond acceptors (Lipinski definition) is 3. The maximum atomic E-state index is 12.0. The van der Waals surface area contributed by atoms with Crippen molar-refractivity contribution in [2.45, 2.75) is 77.9 Å². The Bertz CT molecular complexity index is 553. The van der Waals surface area contributed by atoms with Gasteiger partial charge < -0.3 is 9.47 Å². The Morgan fingerprint density at radius 1 is 1.29 bits per heavy atom.